The van der Waals surface area contributed by atoms with Crippen LogP contribution in [0, 0.1) is 11.3 Å². The number of halogens is 3. The van der Waals surface area contributed by atoms with E-state index in [1.807, 2.05) is 6.07 Å². The second-order valence-electron chi connectivity index (χ2n) is 3.47. The van der Waals surface area contributed by atoms with Crippen molar-refractivity contribution in [3.8, 4) is 6.07 Å². The molecule has 0 saturated heterocycles. The zero-order valence-electron chi connectivity index (χ0n) is 9.35. The first kappa shape index (κ1) is 13.4. The minimum atomic E-state index is -4.39. The fourth-order valence-corrected chi connectivity index (χ4v) is 2.05. The molecule has 0 N–H and O–H groups in total. The maximum atomic E-state index is 12.4. The van der Waals surface area contributed by atoms with Crippen LogP contribution < -0.4 is 0 Å². The van der Waals surface area contributed by atoms with Gasteiger partial charge >= 0.3 is 6.18 Å². The van der Waals surface area contributed by atoms with E-state index in [2.05, 4.69) is 9.97 Å². The second kappa shape index (κ2) is 5.28. The van der Waals surface area contributed by atoms with Crippen molar-refractivity contribution in [2.24, 2.45) is 0 Å². The number of rotatable bonds is 2. The maximum Gasteiger partial charge on any atom is 0.417 e. The van der Waals surface area contributed by atoms with Crippen LogP contribution in [0.2, 0.25) is 0 Å². The SMILES string of the molecule is N#Cc1cc(Sc2ccc(C(F)(F)F)cn2)ccn1. The highest BCUT2D eigenvalue weighted by molar-refractivity contribution is 7.99. The standard InChI is InChI=1S/C12H6F3N3S/c13-12(14,15)8-1-2-11(18-7-8)19-10-3-4-17-9(5-10)6-16/h1-5,7H. The molecule has 0 fully saturated rings. The Bertz CT molecular complexity index is 617. The normalized spacial score (nSPS) is 11.1. The van der Waals surface area contributed by atoms with E-state index in [0.29, 0.717) is 9.92 Å². The van der Waals surface area contributed by atoms with Gasteiger partial charge in [0.1, 0.15) is 16.8 Å². The highest BCUT2D eigenvalue weighted by Gasteiger charge is 2.30. The van der Waals surface area contributed by atoms with Gasteiger partial charge in [-0.3, -0.25) is 0 Å². The van der Waals surface area contributed by atoms with E-state index in [1.165, 1.54) is 24.0 Å². The number of hydrogen-bond acceptors (Lipinski definition) is 4. The molecular formula is C12H6F3N3S. The highest BCUT2D eigenvalue weighted by Crippen LogP contribution is 2.31. The fourth-order valence-electron chi connectivity index (χ4n) is 1.26. The Morgan fingerprint density at radius 3 is 2.53 bits per heavy atom. The Morgan fingerprint density at radius 2 is 1.95 bits per heavy atom. The Balaban J connectivity index is 2.18. The summed E-state index contributed by atoms with van der Waals surface area (Å²) in [5, 5.41) is 9.11. The molecule has 0 aliphatic rings. The van der Waals surface area contributed by atoms with Crippen molar-refractivity contribution in [3.05, 3.63) is 47.9 Å². The first-order valence-electron chi connectivity index (χ1n) is 5.06. The number of aromatic nitrogens is 2. The predicted octanol–water partition coefficient (Wildman–Crippen LogP) is 3.52. The third-order valence-corrected chi connectivity index (χ3v) is 3.07. The zero-order chi connectivity index (χ0) is 13.9. The molecule has 19 heavy (non-hydrogen) atoms. The predicted molar refractivity (Wildman–Crippen MR) is 62.3 cm³/mol. The lowest BCUT2D eigenvalue weighted by Crippen LogP contribution is -2.04. The lowest BCUT2D eigenvalue weighted by Gasteiger charge is -2.06. The second-order valence-corrected chi connectivity index (χ2v) is 4.57. The first-order chi connectivity index (χ1) is 8.99. The summed E-state index contributed by atoms with van der Waals surface area (Å²) in [6, 6.07) is 7.36. The first-order valence-corrected chi connectivity index (χ1v) is 5.88. The van der Waals surface area contributed by atoms with Crippen molar-refractivity contribution in [3.63, 3.8) is 0 Å². The third-order valence-electron chi connectivity index (χ3n) is 2.13. The molecule has 0 aliphatic heterocycles. The molecule has 0 saturated carbocycles. The Morgan fingerprint density at radius 1 is 1.16 bits per heavy atom. The van der Waals surface area contributed by atoms with Gasteiger partial charge in [0.05, 0.1) is 5.56 Å². The van der Waals surface area contributed by atoms with E-state index in [-0.39, 0.29) is 5.69 Å². The van der Waals surface area contributed by atoms with Crippen molar-refractivity contribution in [2.45, 2.75) is 16.1 Å². The van der Waals surface area contributed by atoms with Gasteiger partial charge in [0.15, 0.2) is 0 Å². The van der Waals surface area contributed by atoms with Crippen LogP contribution in [0.25, 0.3) is 0 Å². The van der Waals surface area contributed by atoms with E-state index in [0.717, 1.165) is 12.3 Å². The molecule has 0 aliphatic carbocycles. The van der Waals surface area contributed by atoms with Gasteiger partial charge in [-0.2, -0.15) is 18.4 Å². The van der Waals surface area contributed by atoms with Crippen LogP contribution in [-0.2, 0) is 6.18 Å². The van der Waals surface area contributed by atoms with Gasteiger partial charge in [-0.1, -0.05) is 11.8 Å². The molecule has 3 nitrogen and oxygen atoms in total. The van der Waals surface area contributed by atoms with Gasteiger partial charge in [-0.05, 0) is 24.3 Å². The summed E-state index contributed by atoms with van der Waals surface area (Å²) in [7, 11) is 0. The fraction of sp³-hybridized carbons (Fsp3) is 0.0833. The molecule has 2 aromatic heterocycles. The number of alkyl halides is 3. The molecule has 7 heteroatoms. The number of nitrogens with zero attached hydrogens (tertiary/aromatic N) is 3. The van der Waals surface area contributed by atoms with Gasteiger partial charge in [0.25, 0.3) is 0 Å². The smallest absolute Gasteiger partial charge is 0.249 e. The molecule has 0 atom stereocenters. The summed E-state index contributed by atoms with van der Waals surface area (Å²) in [4.78, 5) is 8.23. The lowest BCUT2D eigenvalue weighted by atomic mass is 10.3. The summed E-state index contributed by atoms with van der Waals surface area (Å²) in [5.74, 6) is 0. The van der Waals surface area contributed by atoms with Gasteiger partial charge in [0, 0.05) is 17.3 Å². The number of hydrogen-bond donors (Lipinski definition) is 0. The Kier molecular flexibility index (Phi) is 3.71. The van der Waals surface area contributed by atoms with E-state index in [9.17, 15) is 13.2 Å². The molecule has 96 valence electrons. The zero-order valence-corrected chi connectivity index (χ0v) is 10.2. The molecule has 0 bridgehead atoms. The lowest BCUT2D eigenvalue weighted by molar-refractivity contribution is -0.137. The van der Waals surface area contributed by atoms with Gasteiger partial charge in [-0.25, -0.2) is 9.97 Å². The average molecular weight is 281 g/mol. The van der Waals surface area contributed by atoms with Crippen molar-refractivity contribution in [1.29, 1.82) is 5.26 Å². The Labute approximate surface area is 111 Å². The van der Waals surface area contributed by atoms with Crippen LogP contribution in [0.15, 0.2) is 46.6 Å². The third kappa shape index (κ3) is 3.45. The van der Waals surface area contributed by atoms with Gasteiger partial charge < -0.3 is 0 Å². The summed E-state index contributed by atoms with van der Waals surface area (Å²) in [6.07, 6.45) is -2.14. The molecule has 2 aromatic rings. The number of nitriles is 1. The van der Waals surface area contributed by atoms with Crippen molar-refractivity contribution >= 4 is 11.8 Å². The largest absolute Gasteiger partial charge is 0.417 e. The van der Waals surface area contributed by atoms with Crippen LogP contribution >= 0.6 is 11.8 Å². The van der Waals surface area contributed by atoms with Crippen molar-refractivity contribution in [2.75, 3.05) is 0 Å². The summed E-state index contributed by atoms with van der Waals surface area (Å²) in [6.45, 7) is 0. The Hall–Kier alpha value is -2.07. The van der Waals surface area contributed by atoms with E-state index in [4.69, 9.17) is 5.26 Å². The molecular weight excluding hydrogens is 275 g/mol. The van der Waals surface area contributed by atoms with E-state index < -0.39 is 11.7 Å². The maximum absolute atomic E-state index is 12.4. The monoisotopic (exact) mass is 281 g/mol. The van der Waals surface area contributed by atoms with Crippen molar-refractivity contribution in [1.82, 2.24) is 9.97 Å². The van der Waals surface area contributed by atoms with Gasteiger partial charge in [0.2, 0.25) is 0 Å². The molecule has 0 unspecified atom stereocenters. The quantitative estimate of drug-likeness (QED) is 0.845. The highest BCUT2D eigenvalue weighted by atomic mass is 32.2. The van der Waals surface area contributed by atoms with Crippen LogP contribution in [0.1, 0.15) is 11.3 Å². The van der Waals surface area contributed by atoms with Crippen LogP contribution in [0.3, 0.4) is 0 Å². The van der Waals surface area contributed by atoms with Crippen LogP contribution in [-0.4, -0.2) is 9.97 Å². The number of pyridine rings is 2. The van der Waals surface area contributed by atoms with E-state index in [1.54, 1.807) is 12.1 Å². The minimum Gasteiger partial charge on any atom is -0.249 e. The molecule has 0 spiro atoms. The average Bonchev–Trinajstić information content (AvgIpc) is 2.38. The summed E-state index contributed by atoms with van der Waals surface area (Å²) < 4.78 is 37.1. The molecule has 2 heterocycles. The van der Waals surface area contributed by atoms with Gasteiger partial charge in [-0.15, -0.1) is 0 Å². The molecule has 0 amide bonds. The van der Waals surface area contributed by atoms with Crippen LogP contribution in [0.5, 0.6) is 0 Å². The topological polar surface area (TPSA) is 49.6 Å². The molecule has 2 rings (SSSR count). The van der Waals surface area contributed by atoms with Crippen LogP contribution in [0.4, 0.5) is 13.2 Å². The minimum absolute atomic E-state index is 0.247. The summed E-state index contributed by atoms with van der Waals surface area (Å²) in [5.41, 5.74) is -0.541. The molecule has 0 aromatic carbocycles. The molecule has 0 radical (unpaired) electrons. The van der Waals surface area contributed by atoms with Crippen molar-refractivity contribution < 1.29 is 13.2 Å². The van der Waals surface area contributed by atoms with E-state index >= 15 is 0 Å². The summed E-state index contributed by atoms with van der Waals surface area (Å²) >= 11 is 1.17.